The molecule has 0 aromatic heterocycles. The zero-order chi connectivity index (χ0) is 36.4. The number of carbonyl (C=O) groups excluding carboxylic acids is 3. The van der Waals surface area contributed by atoms with Gasteiger partial charge in [-0.1, -0.05) is 95.3 Å². The first-order chi connectivity index (χ1) is 24.8. The number of benzene rings is 3. The summed E-state index contributed by atoms with van der Waals surface area (Å²) in [5, 5.41) is 0. The van der Waals surface area contributed by atoms with Crippen molar-refractivity contribution < 1.29 is 47.5 Å². The highest BCUT2D eigenvalue weighted by molar-refractivity contribution is 5.73. The summed E-state index contributed by atoms with van der Waals surface area (Å²) in [5.74, 6) is 1.64. The maximum Gasteiger partial charge on any atom is 0.514 e. The number of unbranched alkanes of at least 4 members (excludes halogenated alkanes) is 6. The summed E-state index contributed by atoms with van der Waals surface area (Å²) < 4.78 is 39.6. The highest BCUT2D eigenvalue weighted by Crippen LogP contribution is 2.44. The predicted molar refractivity (Wildman–Crippen MR) is 192 cm³/mol. The van der Waals surface area contributed by atoms with Gasteiger partial charge in [0.15, 0.2) is 11.5 Å². The molecule has 1 aliphatic heterocycles. The zero-order valence-corrected chi connectivity index (χ0v) is 30.0. The van der Waals surface area contributed by atoms with Crippen LogP contribution in [-0.2, 0) is 27.3 Å². The minimum Gasteiger partial charge on any atom is -0.485 e. The van der Waals surface area contributed by atoms with E-state index in [-0.39, 0.29) is 30.7 Å². The molecule has 0 aliphatic carbocycles. The molecule has 0 bridgehead atoms. The van der Waals surface area contributed by atoms with E-state index in [1.807, 2.05) is 30.3 Å². The van der Waals surface area contributed by atoms with Crippen molar-refractivity contribution >= 4 is 18.3 Å². The van der Waals surface area contributed by atoms with Crippen LogP contribution in [0.4, 0.5) is 9.59 Å². The van der Waals surface area contributed by atoms with Crippen LogP contribution in [0.5, 0.6) is 28.7 Å². The van der Waals surface area contributed by atoms with Crippen molar-refractivity contribution in [1.29, 1.82) is 0 Å². The number of ether oxygens (including phenoxy) is 7. The fourth-order valence-electron chi connectivity index (χ4n) is 5.62. The van der Waals surface area contributed by atoms with E-state index < -0.39 is 18.4 Å². The van der Waals surface area contributed by atoms with E-state index in [4.69, 9.17) is 33.2 Å². The van der Waals surface area contributed by atoms with Crippen molar-refractivity contribution in [3.05, 3.63) is 89.7 Å². The van der Waals surface area contributed by atoms with E-state index in [1.54, 1.807) is 31.2 Å². The maximum atomic E-state index is 12.7. The van der Waals surface area contributed by atoms with Crippen LogP contribution in [0, 0.1) is 0 Å². The fourth-order valence-corrected chi connectivity index (χ4v) is 5.62. The number of fused-ring (bicyclic) bond motifs is 1. The zero-order valence-electron chi connectivity index (χ0n) is 30.0. The Morgan fingerprint density at radius 1 is 0.725 bits per heavy atom. The molecule has 10 nitrogen and oxygen atoms in total. The first-order valence-electron chi connectivity index (χ1n) is 18.1. The van der Waals surface area contributed by atoms with E-state index in [2.05, 4.69) is 20.4 Å². The molecule has 274 valence electrons. The average molecular weight is 703 g/mol. The summed E-state index contributed by atoms with van der Waals surface area (Å²) in [6.07, 6.45) is 8.01. The monoisotopic (exact) mass is 702 g/mol. The van der Waals surface area contributed by atoms with E-state index >= 15 is 0 Å². The number of esters is 1. The van der Waals surface area contributed by atoms with Gasteiger partial charge in [0.25, 0.3) is 0 Å². The average Bonchev–Trinajstić information content (AvgIpc) is 3.12. The normalized spacial score (nSPS) is 13.3. The SMILES string of the molecule is C=C(CCCCCC)Oc1cc(OC(=O)CCCCCC)cc2c1CCC(c1ccc(OC(=O)OCc3ccccc3)c(OC(=O)OCC)c1)O2. The number of allylic oxidation sites excluding steroid dienone is 1. The number of rotatable bonds is 19. The standard InChI is InChI=1S/C41H50O10/c1-5-8-10-13-17-29(4)47-36-26-32(48-39(42)20-16-11-9-6-2)27-37-33(36)22-24-34(49-37)31-21-23-35(38(25-31)51-40(43)45-7-3)50-41(44)46-28-30-18-14-12-15-19-30/h12,14-15,18-19,21,23,25-27,34H,4-11,13,16-17,20,22,24,28H2,1-3H3. The third-order valence-electron chi connectivity index (χ3n) is 8.28. The van der Waals surface area contributed by atoms with Crippen LogP contribution >= 0.6 is 0 Å². The second kappa shape index (κ2) is 20.6. The molecule has 0 amide bonds. The fraction of sp³-hybridized carbons (Fsp3) is 0.439. The van der Waals surface area contributed by atoms with Gasteiger partial charge in [0, 0.05) is 30.5 Å². The summed E-state index contributed by atoms with van der Waals surface area (Å²) in [5.41, 5.74) is 2.29. The van der Waals surface area contributed by atoms with Crippen LogP contribution in [0.1, 0.15) is 114 Å². The van der Waals surface area contributed by atoms with Crippen molar-refractivity contribution in [1.82, 2.24) is 0 Å². The lowest BCUT2D eigenvalue weighted by Gasteiger charge is -2.29. The molecule has 0 spiro atoms. The predicted octanol–water partition coefficient (Wildman–Crippen LogP) is 10.7. The topological polar surface area (TPSA) is 116 Å². The van der Waals surface area contributed by atoms with Crippen LogP contribution < -0.4 is 23.7 Å². The van der Waals surface area contributed by atoms with Gasteiger partial charge >= 0.3 is 18.3 Å². The van der Waals surface area contributed by atoms with Gasteiger partial charge in [-0.15, -0.1) is 0 Å². The van der Waals surface area contributed by atoms with Crippen LogP contribution in [-0.4, -0.2) is 24.9 Å². The molecule has 0 saturated carbocycles. The summed E-state index contributed by atoms with van der Waals surface area (Å²) in [7, 11) is 0. The molecule has 10 heteroatoms. The quantitative estimate of drug-likeness (QED) is 0.0393. The Balaban J connectivity index is 1.54. The molecule has 0 N–H and O–H groups in total. The molecule has 1 atom stereocenters. The van der Waals surface area contributed by atoms with Gasteiger partial charge in [0.2, 0.25) is 0 Å². The molecule has 3 aromatic rings. The van der Waals surface area contributed by atoms with E-state index in [0.717, 1.165) is 68.9 Å². The molecule has 3 aromatic carbocycles. The Bertz CT molecular complexity index is 1600. The molecule has 1 unspecified atom stereocenters. The second-order valence-electron chi connectivity index (χ2n) is 12.4. The Morgan fingerprint density at radius 3 is 2.16 bits per heavy atom. The van der Waals surface area contributed by atoms with Crippen molar-refractivity contribution in [2.24, 2.45) is 0 Å². The van der Waals surface area contributed by atoms with Crippen LogP contribution in [0.15, 0.2) is 73.0 Å². The lowest BCUT2D eigenvalue weighted by atomic mass is 9.96. The van der Waals surface area contributed by atoms with Crippen LogP contribution in [0.3, 0.4) is 0 Å². The van der Waals surface area contributed by atoms with Gasteiger partial charge < -0.3 is 33.2 Å². The van der Waals surface area contributed by atoms with E-state index in [9.17, 15) is 14.4 Å². The largest absolute Gasteiger partial charge is 0.514 e. The molecular weight excluding hydrogens is 652 g/mol. The number of hydrogen-bond donors (Lipinski definition) is 0. The molecule has 4 rings (SSSR count). The lowest BCUT2D eigenvalue weighted by Crippen LogP contribution is -2.18. The van der Waals surface area contributed by atoms with Gasteiger partial charge in [-0.2, -0.15) is 0 Å². The minimum atomic E-state index is -0.963. The van der Waals surface area contributed by atoms with Crippen molar-refractivity contribution in [3.63, 3.8) is 0 Å². The van der Waals surface area contributed by atoms with Gasteiger partial charge in [-0.3, -0.25) is 4.79 Å². The highest BCUT2D eigenvalue weighted by Gasteiger charge is 2.28. The van der Waals surface area contributed by atoms with Gasteiger partial charge in [0.1, 0.15) is 30.0 Å². The first kappa shape index (κ1) is 38.8. The molecule has 51 heavy (non-hydrogen) atoms. The Morgan fingerprint density at radius 2 is 1.43 bits per heavy atom. The third kappa shape index (κ3) is 12.7. The number of carbonyl (C=O) groups is 3. The minimum absolute atomic E-state index is 0.00914. The van der Waals surface area contributed by atoms with Crippen molar-refractivity contribution in [2.45, 2.75) is 111 Å². The van der Waals surface area contributed by atoms with E-state index in [1.165, 1.54) is 6.07 Å². The number of hydrogen-bond acceptors (Lipinski definition) is 10. The van der Waals surface area contributed by atoms with Crippen LogP contribution in [0.2, 0.25) is 0 Å². The second-order valence-corrected chi connectivity index (χ2v) is 12.4. The molecule has 1 aliphatic rings. The smallest absolute Gasteiger partial charge is 0.485 e. The van der Waals surface area contributed by atoms with E-state index in [0.29, 0.717) is 47.8 Å². The Kier molecular flexibility index (Phi) is 15.7. The third-order valence-corrected chi connectivity index (χ3v) is 8.28. The summed E-state index contributed by atoms with van der Waals surface area (Å²) in [6.45, 7) is 10.2. The van der Waals surface area contributed by atoms with Gasteiger partial charge in [-0.05, 0) is 55.9 Å². The summed E-state index contributed by atoms with van der Waals surface area (Å²) in [6, 6.07) is 17.4. The summed E-state index contributed by atoms with van der Waals surface area (Å²) >= 11 is 0. The Hall–Kier alpha value is -4.99. The van der Waals surface area contributed by atoms with Crippen molar-refractivity contribution in [2.75, 3.05) is 6.61 Å². The molecule has 0 saturated heterocycles. The molecular formula is C41H50O10. The molecule has 0 radical (unpaired) electrons. The van der Waals surface area contributed by atoms with Gasteiger partial charge in [-0.25, -0.2) is 9.59 Å². The van der Waals surface area contributed by atoms with Gasteiger partial charge in [0.05, 0.1) is 12.4 Å². The Labute approximate surface area is 301 Å². The summed E-state index contributed by atoms with van der Waals surface area (Å²) in [4.78, 5) is 37.7. The maximum absolute atomic E-state index is 12.7. The van der Waals surface area contributed by atoms with Crippen molar-refractivity contribution in [3.8, 4) is 28.7 Å². The lowest BCUT2D eigenvalue weighted by molar-refractivity contribution is -0.134. The van der Waals surface area contributed by atoms with Crippen LogP contribution in [0.25, 0.3) is 0 Å². The molecule has 0 fully saturated rings. The highest BCUT2D eigenvalue weighted by atomic mass is 16.7. The first-order valence-corrected chi connectivity index (χ1v) is 18.1. The molecule has 1 heterocycles.